The molecule has 0 unspecified atom stereocenters. The number of carbonyl (C=O) groups is 1. The predicted octanol–water partition coefficient (Wildman–Crippen LogP) is 4.02. The Labute approximate surface area is 118 Å². The molecule has 3 aromatic rings. The highest BCUT2D eigenvalue weighted by molar-refractivity contribution is 5.76. The molecule has 98 valence electrons. The summed E-state index contributed by atoms with van der Waals surface area (Å²) in [7, 11) is 0. The molecule has 0 aliphatic heterocycles. The van der Waals surface area contributed by atoms with E-state index < -0.39 is 0 Å². The van der Waals surface area contributed by atoms with Gasteiger partial charge in [0, 0.05) is 12.2 Å². The van der Waals surface area contributed by atoms with Crippen molar-refractivity contribution in [2.75, 3.05) is 0 Å². The minimum absolute atomic E-state index is 0.701. The lowest BCUT2D eigenvalue weighted by Gasteiger charge is -2.11. The molecule has 3 rings (SSSR count). The van der Waals surface area contributed by atoms with Gasteiger partial charge >= 0.3 is 0 Å². The van der Waals surface area contributed by atoms with Crippen LogP contribution in [0.15, 0.2) is 72.8 Å². The van der Waals surface area contributed by atoms with Crippen LogP contribution in [0.4, 0.5) is 0 Å². The van der Waals surface area contributed by atoms with Gasteiger partial charge in [0.1, 0.15) is 0 Å². The number of hydrogen-bond acceptors (Lipinski definition) is 1. The average molecular weight is 261 g/mol. The molecule has 0 N–H and O–H groups in total. The first-order valence-electron chi connectivity index (χ1n) is 6.62. The molecular formula is C18H15NO. The topological polar surface area (TPSA) is 22.0 Å². The summed E-state index contributed by atoms with van der Waals surface area (Å²) in [4.78, 5) is 11.2. The summed E-state index contributed by atoms with van der Waals surface area (Å²) in [5.41, 5.74) is 4.07. The zero-order valence-corrected chi connectivity index (χ0v) is 11.1. The lowest BCUT2D eigenvalue weighted by Crippen LogP contribution is -2.05. The highest BCUT2D eigenvalue weighted by atomic mass is 16.1. The molecule has 0 bridgehead atoms. The maximum Gasteiger partial charge on any atom is 0.166 e. The molecule has 1 heterocycles. The van der Waals surface area contributed by atoms with Gasteiger partial charge in [-0.3, -0.25) is 4.79 Å². The van der Waals surface area contributed by atoms with Crippen LogP contribution in [0.3, 0.4) is 0 Å². The van der Waals surface area contributed by atoms with E-state index in [2.05, 4.69) is 28.8 Å². The number of rotatable bonds is 4. The van der Waals surface area contributed by atoms with Gasteiger partial charge in [-0.1, -0.05) is 60.7 Å². The third kappa shape index (κ3) is 2.41. The summed E-state index contributed by atoms with van der Waals surface area (Å²) >= 11 is 0. The molecule has 20 heavy (non-hydrogen) atoms. The van der Waals surface area contributed by atoms with Crippen molar-refractivity contribution < 1.29 is 4.79 Å². The smallest absolute Gasteiger partial charge is 0.166 e. The summed E-state index contributed by atoms with van der Waals surface area (Å²) in [6.07, 6.45) is 0.912. The average Bonchev–Trinajstić information content (AvgIpc) is 2.92. The summed E-state index contributed by atoms with van der Waals surface area (Å²) in [5.74, 6) is 0. The summed E-state index contributed by atoms with van der Waals surface area (Å²) in [5, 5.41) is 0. The van der Waals surface area contributed by atoms with Gasteiger partial charge in [-0.15, -0.1) is 0 Å². The van der Waals surface area contributed by atoms with Gasteiger partial charge in [0.05, 0.1) is 5.69 Å². The van der Waals surface area contributed by atoms with E-state index in [0.717, 1.165) is 17.5 Å². The van der Waals surface area contributed by atoms with Gasteiger partial charge in [0.25, 0.3) is 0 Å². The Bertz CT molecular complexity index is 699. The van der Waals surface area contributed by atoms with E-state index in [1.165, 1.54) is 5.56 Å². The maximum atomic E-state index is 11.2. The van der Waals surface area contributed by atoms with Crippen LogP contribution in [0.2, 0.25) is 0 Å². The lowest BCUT2D eigenvalue weighted by atomic mass is 10.1. The van der Waals surface area contributed by atoms with Gasteiger partial charge in [0.2, 0.25) is 0 Å². The highest BCUT2D eigenvalue weighted by Crippen LogP contribution is 2.23. The highest BCUT2D eigenvalue weighted by Gasteiger charge is 2.09. The normalized spacial score (nSPS) is 10.4. The second-order valence-corrected chi connectivity index (χ2v) is 4.70. The van der Waals surface area contributed by atoms with Crippen molar-refractivity contribution in [2.24, 2.45) is 0 Å². The number of aldehydes is 1. The zero-order chi connectivity index (χ0) is 13.8. The predicted molar refractivity (Wildman–Crippen MR) is 80.8 cm³/mol. The number of carbonyl (C=O) groups excluding carboxylic acids is 1. The van der Waals surface area contributed by atoms with Gasteiger partial charge < -0.3 is 4.57 Å². The van der Waals surface area contributed by atoms with Gasteiger partial charge in [0.15, 0.2) is 6.29 Å². The van der Waals surface area contributed by atoms with Crippen molar-refractivity contribution in [2.45, 2.75) is 6.54 Å². The molecule has 0 amide bonds. The van der Waals surface area contributed by atoms with Crippen LogP contribution in [-0.4, -0.2) is 10.9 Å². The quantitative estimate of drug-likeness (QED) is 0.650. The van der Waals surface area contributed by atoms with E-state index in [1.807, 2.05) is 48.5 Å². The summed E-state index contributed by atoms with van der Waals surface area (Å²) in [6.45, 7) is 0.701. The third-order valence-corrected chi connectivity index (χ3v) is 3.39. The molecule has 2 nitrogen and oxygen atoms in total. The Morgan fingerprint density at radius 1 is 0.800 bits per heavy atom. The summed E-state index contributed by atoms with van der Waals surface area (Å²) in [6, 6.07) is 24.2. The molecule has 2 aromatic carbocycles. The van der Waals surface area contributed by atoms with Crippen LogP contribution < -0.4 is 0 Å². The van der Waals surface area contributed by atoms with Crippen LogP contribution >= 0.6 is 0 Å². The fourth-order valence-corrected chi connectivity index (χ4v) is 2.39. The van der Waals surface area contributed by atoms with E-state index in [-0.39, 0.29) is 0 Å². The van der Waals surface area contributed by atoms with Crippen LogP contribution in [0.5, 0.6) is 0 Å². The number of aromatic nitrogens is 1. The second-order valence-electron chi connectivity index (χ2n) is 4.70. The van der Waals surface area contributed by atoms with E-state index in [0.29, 0.717) is 12.2 Å². The molecule has 0 fully saturated rings. The van der Waals surface area contributed by atoms with Crippen LogP contribution in [0.25, 0.3) is 11.3 Å². The fraction of sp³-hybridized carbons (Fsp3) is 0.0556. The van der Waals surface area contributed by atoms with E-state index >= 15 is 0 Å². The molecule has 0 aliphatic rings. The van der Waals surface area contributed by atoms with Crippen LogP contribution in [0, 0.1) is 0 Å². The maximum absolute atomic E-state index is 11.2. The molecule has 0 saturated heterocycles. The Hall–Kier alpha value is -2.61. The van der Waals surface area contributed by atoms with E-state index in [9.17, 15) is 4.79 Å². The molecular weight excluding hydrogens is 246 g/mol. The van der Waals surface area contributed by atoms with Gasteiger partial charge in [-0.2, -0.15) is 0 Å². The molecule has 0 aliphatic carbocycles. The number of hydrogen-bond donors (Lipinski definition) is 0. The molecule has 2 heteroatoms. The first-order valence-corrected chi connectivity index (χ1v) is 6.62. The standard InChI is InChI=1S/C18H15NO/c20-14-17-11-12-18(16-9-5-2-6-10-16)19(17)13-15-7-3-1-4-8-15/h1-12,14H,13H2. The molecule has 0 saturated carbocycles. The largest absolute Gasteiger partial charge is 0.334 e. The minimum atomic E-state index is 0.701. The number of nitrogens with zero attached hydrogens (tertiary/aromatic N) is 1. The second kappa shape index (κ2) is 5.57. The number of benzene rings is 2. The Balaban J connectivity index is 2.05. The molecule has 0 radical (unpaired) electrons. The minimum Gasteiger partial charge on any atom is -0.334 e. The lowest BCUT2D eigenvalue weighted by molar-refractivity contribution is 0.111. The van der Waals surface area contributed by atoms with Crippen molar-refractivity contribution in [1.82, 2.24) is 4.57 Å². The first kappa shape index (κ1) is 12.4. The molecule has 0 spiro atoms. The van der Waals surface area contributed by atoms with Crippen molar-refractivity contribution in [3.05, 3.63) is 84.1 Å². The summed E-state index contributed by atoms with van der Waals surface area (Å²) < 4.78 is 2.05. The zero-order valence-electron chi connectivity index (χ0n) is 11.1. The van der Waals surface area contributed by atoms with Crippen molar-refractivity contribution in [3.8, 4) is 11.3 Å². The van der Waals surface area contributed by atoms with E-state index in [4.69, 9.17) is 0 Å². The van der Waals surface area contributed by atoms with E-state index in [1.54, 1.807) is 0 Å². The fourth-order valence-electron chi connectivity index (χ4n) is 2.39. The first-order chi connectivity index (χ1) is 9.88. The Morgan fingerprint density at radius 3 is 2.10 bits per heavy atom. The Morgan fingerprint density at radius 2 is 1.45 bits per heavy atom. The van der Waals surface area contributed by atoms with Crippen molar-refractivity contribution in [3.63, 3.8) is 0 Å². The Kier molecular flexibility index (Phi) is 3.46. The van der Waals surface area contributed by atoms with Crippen LogP contribution in [0.1, 0.15) is 16.1 Å². The van der Waals surface area contributed by atoms with Crippen molar-refractivity contribution >= 4 is 6.29 Å². The monoisotopic (exact) mass is 261 g/mol. The molecule has 0 atom stereocenters. The molecule has 1 aromatic heterocycles. The third-order valence-electron chi connectivity index (χ3n) is 3.39. The van der Waals surface area contributed by atoms with Gasteiger partial charge in [-0.05, 0) is 23.3 Å². The van der Waals surface area contributed by atoms with Gasteiger partial charge in [-0.25, -0.2) is 0 Å². The van der Waals surface area contributed by atoms with Crippen LogP contribution in [-0.2, 0) is 6.54 Å². The van der Waals surface area contributed by atoms with Crippen molar-refractivity contribution in [1.29, 1.82) is 0 Å². The SMILES string of the molecule is O=Cc1ccc(-c2ccccc2)n1Cc1ccccc1.